The van der Waals surface area contributed by atoms with Gasteiger partial charge in [-0.05, 0) is 169 Å². The van der Waals surface area contributed by atoms with Crippen LogP contribution in [0.15, 0.2) is 36.4 Å². The molecule has 6 rings (SSSR count). The molecule has 0 nitrogen and oxygen atoms in total. The van der Waals surface area contributed by atoms with Crippen molar-refractivity contribution in [2.75, 3.05) is 0 Å². The molecule has 34 heavy (non-hydrogen) atoms. The van der Waals surface area contributed by atoms with Gasteiger partial charge in [0.25, 0.3) is 0 Å². The van der Waals surface area contributed by atoms with Gasteiger partial charge in [-0.3, -0.25) is 0 Å². The van der Waals surface area contributed by atoms with Gasteiger partial charge in [-0.25, -0.2) is 0 Å². The Kier molecular flexibility index (Phi) is 5.52. The van der Waals surface area contributed by atoms with Gasteiger partial charge in [0.2, 0.25) is 0 Å². The van der Waals surface area contributed by atoms with Crippen LogP contribution in [0.2, 0.25) is 0 Å². The Morgan fingerprint density at radius 3 is 1.68 bits per heavy atom. The average molecular weight is 445 g/mol. The molecular weight excluding hydrogens is 408 g/mol. The van der Waals surface area contributed by atoms with Crippen molar-refractivity contribution < 1.29 is 0 Å². The van der Waals surface area contributed by atoms with Crippen molar-refractivity contribution in [2.24, 2.45) is 0 Å². The fraction of sp³-hybridized carbons (Fsp3) is 0.294. The first-order valence-electron chi connectivity index (χ1n) is 12.6. The molecule has 0 saturated carbocycles. The van der Waals surface area contributed by atoms with Crippen LogP contribution >= 0.6 is 0 Å². The number of benzene rings is 4. The van der Waals surface area contributed by atoms with Crippen molar-refractivity contribution in [3.63, 3.8) is 0 Å². The second kappa shape index (κ2) is 8.27. The minimum atomic E-state index is 1.09. The summed E-state index contributed by atoms with van der Waals surface area (Å²) in [6.45, 7) is 18.0. The van der Waals surface area contributed by atoms with Crippen LogP contribution in [0.25, 0.3) is 33.7 Å². The van der Waals surface area contributed by atoms with Crippen molar-refractivity contribution >= 4 is 33.7 Å². The lowest BCUT2D eigenvalue weighted by atomic mass is 9.88. The zero-order chi connectivity index (χ0) is 24.3. The second-order valence-electron chi connectivity index (χ2n) is 10.4. The number of fused-ring (bicyclic) bond motifs is 5. The van der Waals surface area contributed by atoms with Gasteiger partial charge >= 0.3 is 0 Å². The number of hydrogen-bond donors (Lipinski definition) is 0. The van der Waals surface area contributed by atoms with Gasteiger partial charge in [0, 0.05) is 0 Å². The summed E-state index contributed by atoms with van der Waals surface area (Å²) < 4.78 is 0. The van der Waals surface area contributed by atoms with Gasteiger partial charge in [0.1, 0.15) is 0 Å². The van der Waals surface area contributed by atoms with Gasteiger partial charge < -0.3 is 0 Å². The zero-order valence-electron chi connectivity index (χ0n) is 22.0. The molecule has 172 valence electrons. The Morgan fingerprint density at radius 2 is 1.00 bits per heavy atom. The summed E-state index contributed by atoms with van der Waals surface area (Å²) >= 11 is 0. The maximum Gasteiger partial charge on any atom is -0.00819 e. The highest BCUT2D eigenvalue weighted by atomic mass is 14.2. The van der Waals surface area contributed by atoms with Gasteiger partial charge in [0.15, 0.2) is 0 Å². The largest absolute Gasteiger partial charge is 0.0795 e. The molecule has 0 bridgehead atoms. The molecular formula is C34H36. The standard InChI is InChI=1S/2C17H18/c1-10-11(2)13(4)17-9-15-7-5-6-14(15)8-16(17)12(10)3;1-10-11(2)13(4)17-15(12(10)3)9-8-14-6-5-7-16(14)17/h2*5-6,8-9H,7H2,1-4H3. The van der Waals surface area contributed by atoms with E-state index in [-0.39, 0.29) is 0 Å². The van der Waals surface area contributed by atoms with Crippen LogP contribution in [0.5, 0.6) is 0 Å². The highest BCUT2D eigenvalue weighted by molar-refractivity contribution is 5.96. The number of aryl methyl sites for hydroxylation is 4. The van der Waals surface area contributed by atoms with Crippen LogP contribution in [0.4, 0.5) is 0 Å². The predicted octanol–water partition coefficient (Wildman–Crippen LogP) is 9.29. The van der Waals surface area contributed by atoms with Crippen LogP contribution < -0.4 is 0 Å². The van der Waals surface area contributed by atoms with Crippen LogP contribution in [0.1, 0.15) is 66.8 Å². The molecule has 4 aromatic carbocycles. The highest BCUT2D eigenvalue weighted by Crippen LogP contribution is 2.36. The third kappa shape index (κ3) is 3.35. The van der Waals surface area contributed by atoms with Crippen molar-refractivity contribution in [1.29, 1.82) is 0 Å². The van der Waals surface area contributed by atoms with E-state index in [0.29, 0.717) is 0 Å². The van der Waals surface area contributed by atoms with E-state index in [1.807, 2.05) is 0 Å². The average Bonchev–Trinajstić information content (AvgIpc) is 3.51. The lowest BCUT2D eigenvalue weighted by molar-refractivity contribution is 1.23. The SMILES string of the molecule is Cc1c(C)c(C)c2c3c(ccc2c1C)C=CC3.Cc1c(C)c(C)c2cc3c(cc2c1C)C=CC3. The fourth-order valence-electron chi connectivity index (χ4n) is 5.93. The molecule has 0 N–H and O–H groups in total. The smallest absolute Gasteiger partial charge is 0.00819 e. The van der Waals surface area contributed by atoms with E-state index >= 15 is 0 Å². The molecule has 0 unspecified atom stereocenters. The normalized spacial score (nSPS) is 13.4. The van der Waals surface area contributed by atoms with Crippen LogP contribution in [-0.4, -0.2) is 0 Å². The van der Waals surface area contributed by atoms with Crippen LogP contribution in [0, 0.1) is 55.4 Å². The summed E-state index contributed by atoms with van der Waals surface area (Å²) in [5.41, 5.74) is 17.4. The number of rotatable bonds is 0. The third-order valence-electron chi connectivity index (χ3n) is 8.85. The van der Waals surface area contributed by atoms with Crippen molar-refractivity contribution in [2.45, 2.75) is 68.2 Å². The molecule has 0 heteroatoms. The molecule has 0 fully saturated rings. The van der Waals surface area contributed by atoms with Gasteiger partial charge in [-0.1, -0.05) is 36.4 Å². The second-order valence-corrected chi connectivity index (χ2v) is 10.4. The molecule has 0 spiro atoms. The molecule has 2 aliphatic rings. The first-order chi connectivity index (χ1) is 16.2. The first-order valence-corrected chi connectivity index (χ1v) is 12.6. The number of allylic oxidation sites excluding steroid dienone is 2. The van der Waals surface area contributed by atoms with Crippen LogP contribution in [0.3, 0.4) is 0 Å². The molecule has 0 aliphatic heterocycles. The van der Waals surface area contributed by atoms with E-state index in [2.05, 4.69) is 104 Å². The summed E-state index contributed by atoms with van der Waals surface area (Å²) in [6.07, 6.45) is 11.2. The summed E-state index contributed by atoms with van der Waals surface area (Å²) in [5.74, 6) is 0. The van der Waals surface area contributed by atoms with Gasteiger partial charge in [-0.15, -0.1) is 0 Å². The Labute approximate surface area is 205 Å². The maximum absolute atomic E-state index is 2.39. The lowest BCUT2D eigenvalue weighted by Crippen LogP contribution is -1.97. The number of hydrogen-bond acceptors (Lipinski definition) is 0. The van der Waals surface area contributed by atoms with E-state index < -0.39 is 0 Å². The van der Waals surface area contributed by atoms with E-state index in [4.69, 9.17) is 0 Å². The Balaban J connectivity index is 0.000000142. The van der Waals surface area contributed by atoms with E-state index in [0.717, 1.165) is 12.8 Å². The minimum Gasteiger partial charge on any atom is -0.0795 e. The Hall–Kier alpha value is -3.12. The molecule has 0 aromatic heterocycles. The quantitative estimate of drug-likeness (QED) is 0.253. The molecule has 0 saturated heterocycles. The zero-order valence-corrected chi connectivity index (χ0v) is 22.0. The highest BCUT2D eigenvalue weighted by Gasteiger charge is 2.16. The molecule has 2 aliphatic carbocycles. The third-order valence-corrected chi connectivity index (χ3v) is 8.85. The fourth-order valence-corrected chi connectivity index (χ4v) is 5.93. The first kappa shape index (κ1) is 22.7. The molecule has 0 amide bonds. The lowest BCUT2D eigenvalue weighted by Gasteiger charge is -2.17. The predicted molar refractivity (Wildman–Crippen MR) is 151 cm³/mol. The molecule has 0 radical (unpaired) electrons. The topological polar surface area (TPSA) is 0 Å². The van der Waals surface area contributed by atoms with Crippen molar-refractivity contribution in [1.82, 2.24) is 0 Å². The van der Waals surface area contributed by atoms with E-state index in [1.54, 1.807) is 0 Å². The summed E-state index contributed by atoms with van der Waals surface area (Å²) in [4.78, 5) is 0. The molecule has 0 atom stereocenters. The van der Waals surface area contributed by atoms with Crippen LogP contribution in [-0.2, 0) is 12.8 Å². The summed E-state index contributed by atoms with van der Waals surface area (Å²) in [5, 5.41) is 5.80. The maximum atomic E-state index is 2.39. The van der Waals surface area contributed by atoms with E-state index in [9.17, 15) is 0 Å². The van der Waals surface area contributed by atoms with E-state index in [1.165, 1.54) is 88.3 Å². The monoisotopic (exact) mass is 444 g/mol. The van der Waals surface area contributed by atoms with Gasteiger partial charge in [0.05, 0.1) is 0 Å². The summed E-state index contributed by atoms with van der Waals surface area (Å²) in [7, 11) is 0. The Bertz CT molecular complexity index is 1540. The Morgan fingerprint density at radius 1 is 0.471 bits per heavy atom. The van der Waals surface area contributed by atoms with Crippen molar-refractivity contribution in [3.8, 4) is 0 Å². The molecule has 4 aromatic rings. The summed E-state index contributed by atoms with van der Waals surface area (Å²) in [6, 6.07) is 9.31. The van der Waals surface area contributed by atoms with Crippen molar-refractivity contribution in [3.05, 3.63) is 103 Å². The minimum absolute atomic E-state index is 1.09. The molecule has 0 heterocycles. The van der Waals surface area contributed by atoms with Gasteiger partial charge in [-0.2, -0.15) is 0 Å².